The highest BCUT2D eigenvalue weighted by Crippen LogP contribution is 2.30. The number of Topliss-reactive ketones (excluding diaryl/α,β-unsaturated/α-hetero) is 1. The Labute approximate surface area is 85.1 Å². The van der Waals surface area contributed by atoms with E-state index in [1.807, 2.05) is 0 Å². The van der Waals surface area contributed by atoms with Crippen LogP contribution in [0.4, 0.5) is 0 Å². The van der Waals surface area contributed by atoms with Gasteiger partial charge < -0.3 is 0 Å². The summed E-state index contributed by atoms with van der Waals surface area (Å²) < 4.78 is 0. The van der Waals surface area contributed by atoms with Gasteiger partial charge in [0.25, 0.3) is 0 Å². The summed E-state index contributed by atoms with van der Waals surface area (Å²) in [4.78, 5) is 17.0. The standard InChI is InChI=1S/C11H18N2O/c14-11(9-2-1-3-9)10-8-12-4-6-13(10)7-5-12/h9-10H,1-8H2. The molecule has 4 fully saturated rings. The second-order valence-corrected chi connectivity index (χ2v) is 4.88. The highest BCUT2D eigenvalue weighted by molar-refractivity contribution is 5.87. The van der Waals surface area contributed by atoms with E-state index in [2.05, 4.69) is 9.80 Å². The summed E-state index contributed by atoms with van der Waals surface area (Å²) in [6.07, 6.45) is 3.58. The molecule has 1 unspecified atom stereocenters. The number of carbonyl (C=O) groups excluding carboxylic acids is 1. The fourth-order valence-corrected chi connectivity index (χ4v) is 2.85. The molecule has 4 aliphatic rings. The lowest BCUT2D eigenvalue weighted by molar-refractivity contribution is -0.135. The molecule has 3 heteroatoms. The van der Waals surface area contributed by atoms with Crippen molar-refractivity contribution >= 4 is 5.78 Å². The lowest BCUT2D eigenvalue weighted by Gasteiger charge is -2.48. The minimum Gasteiger partial charge on any atom is -0.299 e. The molecule has 1 aliphatic carbocycles. The van der Waals surface area contributed by atoms with E-state index in [1.165, 1.54) is 19.5 Å². The molecule has 0 amide bonds. The van der Waals surface area contributed by atoms with Crippen LogP contribution in [0, 0.1) is 5.92 Å². The van der Waals surface area contributed by atoms with E-state index in [0.717, 1.165) is 32.5 Å². The molecule has 1 atom stereocenters. The van der Waals surface area contributed by atoms with Crippen molar-refractivity contribution in [2.75, 3.05) is 32.7 Å². The number of ketones is 1. The van der Waals surface area contributed by atoms with Crippen molar-refractivity contribution < 1.29 is 4.79 Å². The van der Waals surface area contributed by atoms with Crippen LogP contribution in [-0.4, -0.2) is 54.3 Å². The molecule has 0 aromatic carbocycles. The highest BCUT2D eigenvalue weighted by Gasteiger charge is 2.40. The quantitative estimate of drug-likeness (QED) is 0.634. The fraction of sp³-hybridized carbons (Fsp3) is 0.909. The third-order valence-corrected chi connectivity index (χ3v) is 4.11. The van der Waals surface area contributed by atoms with Gasteiger partial charge in [-0.25, -0.2) is 0 Å². The molecule has 0 N–H and O–H groups in total. The lowest BCUT2D eigenvalue weighted by atomic mass is 9.78. The normalized spacial score (nSPS) is 42.1. The molecule has 3 saturated heterocycles. The fourth-order valence-electron chi connectivity index (χ4n) is 2.85. The predicted molar refractivity (Wildman–Crippen MR) is 54.1 cm³/mol. The Hall–Kier alpha value is -0.410. The maximum absolute atomic E-state index is 12.1. The number of piperazine rings is 3. The van der Waals surface area contributed by atoms with E-state index in [4.69, 9.17) is 0 Å². The summed E-state index contributed by atoms with van der Waals surface area (Å²) in [5.41, 5.74) is 0. The van der Waals surface area contributed by atoms with Crippen molar-refractivity contribution in [2.24, 2.45) is 5.92 Å². The van der Waals surface area contributed by atoms with E-state index in [1.54, 1.807) is 0 Å². The Morgan fingerprint density at radius 1 is 1.07 bits per heavy atom. The molecule has 1 saturated carbocycles. The van der Waals surface area contributed by atoms with Crippen LogP contribution in [0.15, 0.2) is 0 Å². The Bertz CT molecular complexity index is 242. The first-order valence-electron chi connectivity index (χ1n) is 5.85. The first kappa shape index (κ1) is 8.86. The maximum Gasteiger partial charge on any atom is 0.154 e. The second-order valence-electron chi connectivity index (χ2n) is 4.88. The van der Waals surface area contributed by atoms with Gasteiger partial charge in [-0.1, -0.05) is 6.42 Å². The zero-order valence-corrected chi connectivity index (χ0v) is 8.61. The van der Waals surface area contributed by atoms with Crippen molar-refractivity contribution in [1.29, 1.82) is 0 Å². The summed E-state index contributed by atoms with van der Waals surface area (Å²) in [6, 6.07) is 0.253. The number of hydrogen-bond donors (Lipinski definition) is 0. The van der Waals surface area contributed by atoms with Crippen LogP contribution in [0.1, 0.15) is 19.3 Å². The third kappa shape index (κ3) is 1.30. The maximum atomic E-state index is 12.1. The topological polar surface area (TPSA) is 23.6 Å². The molecule has 14 heavy (non-hydrogen) atoms. The van der Waals surface area contributed by atoms with E-state index < -0.39 is 0 Å². The number of hydrogen-bond acceptors (Lipinski definition) is 3. The Morgan fingerprint density at radius 2 is 1.79 bits per heavy atom. The highest BCUT2D eigenvalue weighted by atomic mass is 16.1. The molecule has 2 bridgehead atoms. The third-order valence-electron chi connectivity index (χ3n) is 4.11. The van der Waals surface area contributed by atoms with Crippen LogP contribution in [0.3, 0.4) is 0 Å². The van der Waals surface area contributed by atoms with E-state index in [0.29, 0.717) is 11.7 Å². The molecule has 3 aliphatic heterocycles. The molecule has 3 heterocycles. The Balaban J connectivity index is 1.69. The van der Waals surface area contributed by atoms with Crippen LogP contribution in [-0.2, 0) is 4.79 Å². The van der Waals surface area contributed by atoms with Gasteiger partial charge in [-0.05, 0) is 12.8 Å². The number of rotatable bonds is 2. The molecule has 0 aromatic heterocycles. The minimum atomic E-state index is 0.253. The number of carbonyl (C=O) groups is 1. The van der Waals surface area contributed by atoms with Gasteiger partial charge in [-0.15, -0.1) is 0 Å². The summed E-state index contributed by atoms with van der Waals surface area (Å²) in [7, 11) is 0. The molecule has 78 valence electrons. The zero-order valence-electron chi connectivity index (χ0n) is 8.61. The molecule has 0 aromatic rings. The summed E-state index contributed by atoms with van der Waals surface area (Å²) >= 11 is 0. The van der Waals surface area contributed by atoms with E-state index in [9.17, 15) is 4.79 Å². The van der Waals surface area contributed by atoms with Gasteiger partial charge in [0.2, 0.25) is 0 Å². The van der Waals surface area contributed by atoms with Crippen LogP contribution < -0.4 is 0 Å². The van der Waals surface area contributed by atoms with Crippen molar-refractivity contribution in [2.45, 2.75) is 25.3 Å². The number of nitrogens with zero attached hydrogens (tertiary/aromatic N) is 2. The van der Waals surface area contributed by atoms with E-state index in [-0.39, 0.29) is 6.04 Å². The molecular formula is C11H18N2O. The number of fused-ring (bicyclic) bond motifs is 3. The Kier molecular flexibility index (Phi) is 2.10. The average molecular weight is 194 g/mol. The van der Waals surface area contributed by atoms with Crippen LogP contribution in [0.25, 0.3) is 0 Å². The molecule has 0 radical (unpaired) electrons. The van der Waals surface area contributed by atoms with Crippen LogP contribution in [0.2, 0.25) is 0 Å². The van der Waals surface area contributed by atoms with Gasteiger partial charge in [-0.3, -0.25) is 14.6 Å². The molecule has 4 rings (SSSR count). The van der Waals surface area contributed by atoms with Gasteiger partial charge >= 0.3 is 0 Å². The minimum absolute atomic E-state index is 0.253. The first-order chi connectivity index (χ1) is 6.84. The summed E-state index contributed by atoms with van der Waals surface area (Å²) in [5.74, 6) is 0.959. The zero-order chi connectivity index (χ0) is 9.54. The predicted octanol–water partition coefficient (Wildman–Crippen LogP) is 0.355. The van der Waals surface area contributed by atoms with Gasteiger partial charge in [0, 0.05) is 38.6 Å². The monoisotopic (exact) mass is 194 g/mol. The SMILES string of the molecule is O=C(C1CCC1)C1CN2CCN1CC2. The van der Waals surface area contributed by atoms with Crippen molar-refractivity contribution in [1.82, 2.24) is 9.80 Å². The van der Waals surface area contributed by atoms with Crippen molar-refractivity contribution in [3.63, 3.8) is 0 Å². The van der Waals surface area contributed by atoms with E-state index >= 15 is 0 Å². The van der Waals surface area contributed by atoms with Gasteiger partial charge in [0.05, 0.1) is 6.04 Å². The average Bonchev–Trinajstić information content (AvgIpc) is 2.17. The molecule has 3 nitrogen and oxygen atoms in total. The summed E-state index contributed by atoms with van der Waals surface area (Å²) in [6.45, 7) is 5.59. The van der Waals surface area contributed by atoms with Crippen molar-refractivity contribution in [3.05, 3.63) is 0 Å². The smallest absolute Gasteiger partial charge is 0.154 e. The molecule has 0 spiro atoms. The summed E-state index contributed by atoms with van der Waals surface area (Å²) in [5, 5.41) is 0. The second kappa shape index (κ2) is 3.31. The van der Waals surface area contributed by atoms with Crippen LogP contribution in [0.5, 0.6) is 0 Å². The largest absolute Gasteiger partial charge is 0.299 e. The van der Waals surface area contributed by atoms with Crippen LogP contribution >= 0.6 is 0 Å². The van der Waals surface area contributed by atoms with Gasteiger partial charge in [0.1, 0.15) is 0 Å². The Morgan fingerprint density at radius 3 is 2.21 bits per heavy atom. The van der Waals surface area contributed by atoms with Gasteiger partial charge in [-0.2, -0.15) is 0 Å². The lowest BCUT2D eigenvalue weighted by Crippen LogP contribution is -2.64. The first-order valence-corrected chi connectivity index (χ1v) is 5.85. The van der Waals surface area contributed by atoms with Gasteiger partial charge in [0.15, 0.2) is 5.78 Å². The van der Waals surface area contributed by atoms with Crippen molar-refractivity contribution in [3.8, 4) is 0 Å². The molecular weight excluding hydrogens is 176 g/mol.